The fourth-order valence-corrected chi connectivity index (χ4v) is 2.71. The zero-order valence-electron chi connectivity index (χ0n) is 14.0. The van der Waals surface area contributed by atoms with E-state index < -0.39 is 0 Å². The molecule has 1 fully saturated rings. The number of imide groups is 1. The Morgan fingerprint density at radius 3 is 2.17 bits per heavy atom. The van der Waals surface area contributed by atoms with Crippen molar-refractivity contribution in [1.82, 2.24) is 9.80 Å². The highest BCUT2D eigenvalue weighted by Crippen LogP contribution is 2.17. The average molecular weight is 316 g/mol. The van der Waals surface area contributed by atoms with E-state index in [1.807, 2.05) is 24.0 Å². The number of nitrogens with zero attached hydrogens (tertiary/aromatic N) is 2. The first-order chi connectivity index (χ1) is 10.9. The van der Waals surface area contributed by atoms with Crippen molar-refractivity contribution in [2.75, 3.05) is 13.1 Å². The molecule has 1 aromatic carbocycles. The maximum Gasteiger partial charge on any atom is 0.253 e. The molecular formula is C18H24N2O3. The van der Waals surface area contributed by atoms with Gasteiger partial charge in [0.25, 0.3) is 5.91 Å². The Morgan fingerprint density at radius 2 is 1.70 bits per heavy atom. The van der Waals surface area contributed by atoms with Gasteiger partial charge in [0.05, 0.1) is 6.54 Å². The van der Waals surface area contributed by atoms with Crippen LogP contribution in [0.5, 0.6) is 0 Å². The Kier molecular flexibility index (Phi) is 5.53. The van der Waals surface area contributed by atoms with Crippen LogP contribution in [0.25, 0.3) is 0 Å². The van der Waals surface area contributed by atoms with Crippen molar-refractivity contribution in [3.05, 3.63) is 35.4 Å². The zero-order chi connectivity index (χ0) is 17.0. The summed E-state index contributed by atoms with van der Waals surface area (Å²) in [5, 5.41) is 0. The maximum atomic E-state index is 12.5. The van der Waals surface area contributed by atoms with E-state index in [2.05, 4.69) is 13.8 Å². The SMILES string of the molecule is CCN(CC(C)C)C(=O)c1ccc(CN2C(=O)CCC2=O)cc1. The molecule has 5 nitrogen and oxygen atoms in total. The normalized spacial score (nSPS) is 14.7. The molecule has 0 N–H and O–H groups in total. The summed E-state index contributed by atoms with van der Waals surface area (Å²) in [6, 6.07) is 7.17. The molecule has 0 radical (unpaired) electrons. The van der Waals surface area contributed by atoms with Crippen LogP contribution >= 0.6 is 0 Å². The predicted octanol–water partition coefficient (Wildman–Crippen LogP) is 2.45. The molecule has 5 heteroatoms. The van der Waals surface area contributed by atoms with Gasteiger partial charge < -0.3 is 4.90 Å². The molecule has 1 aliphatic heterocycles. The van der Waals surface area contributed by atoms with Gasteiger partial charge in [-0.15, -0.1) is 0 Å². The van der Waals surface area contributed by atoms with E-state index in [1.54, 1.807) is 12.1 Å². The first-order valence-corrected chi connectivity index (χ1v) is 8.13. The predicted molar refractivity (Wildman–Crippen MR) is 87.6 cm³/mol. The van der Waals surface area contributed by atoms with E-state index in [0.717, 1.165) is 12.1 Å². The highest BCUT2D eigenvalue weighted by atomic mass is 16.2. The van der Waals surface area contributed by atoms with Crippen LogP contribution in [0.1, 0.15) is 49.5 Å². The monoisotopic (exact) mass is 316 g/mol. The summed E-state index contributed by atoms with van der Waals surface area (Å²) in [7, 11) is 0. The van der Waals surface area contributed by atoms with Gasteiger partial charge >= 0.3 is 0 Å². The largest absolute Gasteiger partial charge is 0.339 e. The van der Waals surface area contributed by atoms with Crippen LogP contribution in [0.3, 0.4) is 0 Å². The summed E-state index contributed by atoms with van der Waals surface area (Å²) in [6.45, 7) is 7.84. The number of likely N-dealkylation sites (tertiary alicyclic amines) is 1. The van der Waals surface area contributed by atoms with Crippen LogP contribution in [-0.2, 0) is 16.1 Å². The third-order valence-corrected chi connectivity index (χ3v) is 3.95. The Bertz CT molecular complexity index is 577. The Morgan fingerprint density at radius 1 is 1.13 bits per heavy atom. The van der Waals surface area contributed by atoms with Gasteiger partial charge in [-0.1, -0.05) is 26.0 Å². The summed E-state index contributed by atoms with van der Waals surface area (Å²) in [5.41, 5.74) is 1.49. The molecule has 1 aliphatic rings. The lowest BCUT2D eigenvalue weighted by molar-refractivity contribution is -0.139. The van der Waals surface area contributed by atoms with Gasteiger partial charge in [0.15, 0.2) is 0 Å². The van der Waals surface area contributed by atoms with Crippen molar-refractivity contribution in [2.45, 2.75) is 40.2 Å². The second kappa shape index (κ2) is 7.40. The van der Waals surface area contributed by atoms with Gasteiger partial charge in [-0.25, -0.2) is 0 Å². The van der Waals surface area contributed by atoms with E-state index in [-0.39, 0.29) is 24.3 Å². The summed E-state index contributed by atoms with van der Waals surface area (Å²) >= 11 is 0. The van der Waals surface area contributed by atoms with Crippen molar-refractivity contribution in [2.24, 2.45) is 5.92 Å². The molecule has 0 spiro atoms. The molecule has 0 aliphatic carbocycles. The number of amides is 3. The van der Waals surface area contributed by atoms with Crippen LogP contribution in [0, 0.1) is 5.92 Å². The summed E-state index contributed by atoms with van der Waals surface area (Å²) < 4.78 is 0. The molecule has 0 unspecified atom stereocenters. The van der Waals surface area contributed by atoms with Crippen LogP contribution in [0.15, 0.2) is 24.3 Å². The van der Waals surface area contributed by atoms with Gasteiger partial charge in [-0.2, -0.15) is 0 Å². The van der Waals surface area contributed by atoms with E-state index in [9.17, 15) is 14.4 Å². The number of hydrogen-bond donors (Lipinski definition) is 0. The number of rotatable bonds is 6. The highest BCUT2D eigenvalue weighted by Gasteiger charge is 2.28. The molecule has 0 bridgehead atoms. The average Bonchev–Trinajstić information content (AvgIpc) is 2.84. The second-order valence-corrected chi connectivity index (χ2v) is 6.31. The van der Waals surface area contributed by atoms with Crippen LogP contribution < -0.4 is 0 Å². The summed E-state index contributed by atoms with van der Waals surface area (Å²) in [5.74, 6) is 0.194. The Balaban J connectivity index is 2.05. The third kappa shape index (κ3) is 4.18. The van der Waals surface area contributed by atoms with E-state index in [4.69, 9.17) is 0 Å². The number of carbonyl (C=O) groups is 3. The van der Waals surface area contributed by atoms with Crippen molar-refractivity contribution in [1.29, 1.82) is 0 Å². The first-order valence-electron chi connectivity index (χ1n) is 8.13. The fraction of sp³-hybridized carbons (Fsp3) is 0.500. The molecule has 1 saturated heterocycles. The van der Waals surface area contributed by atoms with Gasteiger partial charge in [-0.3, -0.25) is 19.3 Å². The number of hydrogen-bond acceptors (Lipinski definition) is 3. The van der Waals surface area contributed by atoms with Gasteiger partial charge in [-0.05, 0) is 30.5 Å². The minimum atomic E-state index is -0.121. The van der Waals surface area contributed by atoms with Gasteiger partial charge in [0.1, 0.15) is 0 Å². The molecule has 1 aromatic rings. The standard InChI is InChI=1S/C18H24N2O3/c1-4-19(11-13(2)3)18(23)15-7-5-14(6-8-15)12-20-16(21)9-10-17(20)22/h5-8,13H,4,9-12H2,1-3H3. The third-order valence-electron chi connectivity index (χ3n) is 3.95. The molecule has 1 heterocycles. The zero-order valence-corrected chi connectivity index (χ0v) is 14.0. The second-order valence-electron chi connectivity index (χ2n) is 6.31. The lowest BCUT2D eigenvalue weighted by Crippen LogP contribution is -2.34. The van der Waals surface area contributed by atoms with E-state index >= 15 is 0 Å². The fourth-order valence-electron chi connectivity index (χ4n) is 2.71. The molecule has 124 valence electrons. The Hall–Kier alpha value is -2.17. The molecular weight excluding hydrogens is 292 g/mol. The summed E-state index contributed by atoms with van der Waals surface area (Å²) in [4.78, 5) is 38.9. The Labute approximate surface area is 137 Å². The van der Waals surface area contributed by atoms with Gasteiger partial charge in [0.2, 0.25) is 11.8 Å². The molecule has 0 saturated carbocycles. The highest BCUT2D eigenvalue weighted by molar-refractivity contribution is 6.01. The van der Waals surface area contributed by atoms with Crippen molar-refractivity contribution in [3.63, 3.8) is 0 Å². The number of carbonyl (C=O) groups excluding carboxylic acids is 3. The minimum Gasteiger partial charge on any atom is -0.339 e. The van der Waals surface area contributed by atoms with Crippen LogP contribution in [-0.4, -0.2) is 40.6 Å². The lowest BCUT2D eigenvalue weighted by atomic mass is 10.1. The number of benzene rings is 1. The van der Waals surface area contributed by atoms with Crippen LogP contribution in [0.4, 0.5) is 0 Å². The van der Waals surface area contributed by atoms with Crippen molar-refractivity contribution < 1.29 is 14.4 Å². The topological polar surface area (TPSA) is 57.7 Å². The quantitative estimate of drug-likeness (QED) is 0.758. The minimum absolute atomic E-state index is 0.0149. The smallest absolute Gasteiger partial charge is 0.253 e. The van der Waals surface area contributed by atoms with E-state index in [1.165, 1.54) is 4.90 Å². The molecule has 2 rings (SSSR count). The molecule has 0 atom stereocenters. The van der Waals surface area contributed by atoms with Crippen molar-refractivity contribution in [3.8, 4) is 0 Å². The summed E-state index contributed by atoms with van der Waals surface area (Å²) in [6.07, 6.45) is 0.603. The molecule has 23 heavy (non-hydrogen) atoms. The molecule has 3 amide bonds. The maximum absolute atomic E-state index is 12.5. The van der Waals surface area contributed by atoms with Gasteiger partial charge in [0, 0.05) is 31.5 Å². The first kappa shape index (κ1) is 17.2. The molecule has 0 aromatic heterocycles. The van der Waals surface area contributed by atoms with Crippen molar-refractivity contribution >= 4 is 17.7 Å². The van der Waals surface area contributed by atoms with E-state index in [0.29, 0.717) is 30.9 Å². The van der Waals surface area contributed by atoms with Crippen LogP contribution in [0.2, 0.25) is 0 Å². The lowest BCUT2D eigenvalue weighted by Gasteiger charge is -2.23.